The van der Waals surface area contributed by atoms with Gasteiger partial charge in [0.05, 0.1) is 18.4 Å². The molecule has 0 unspecified atom stereocenters. The molecule has 1 aliphatic heterocycles. The average molecular weight is 401 g/mol. The number of aromatic nitrogens is 2. The molecule has 2 aromatic carbocycles. The summed E-state index contributed by atoms with van der Waals surface area (Å²) in [4.78, 5) is 14.7. The molecular weight excluding hydrogens is 372 g/mol. The topological polar surface area (TPSA) is 50.2 Å². The first-order chi connectivity index (χ1) is 14.6. The second-order valence-corrected chi connectivity index (χ2v) is 7.78. The molecular formula is C25H28N4O. The number of carbonyl (C=O) groups excluding carboxylic acids is 1. The van der Waals surface area contributed by atoms with Crippen molar-refractivity contribution in [3.8, 4) is 5.69 Å². The van der Waals surface area contributed by atoms with Gasteiger partial charge in [-0.1, -0.05) is 48.9 Å². The normalized spacial score (nSPS) is 14.4. The van der Waals surface area contributed by atoms with Gasteiger partial charge < -0.3 is 5.32 Å². The lowest BCUT2D eigenvalue weighted by Gasteiger charge is -2.25. The Labute approximate surface area is 178 Å². The number of benzene rings is 2. The smallest absolute Gasteiger partial charge is 0.238 e. The first kappa shape index (κ1) is 20.1. The number of nitrogens with one attached hydrogen (secondary N) is 1. The summed E-state index contributed by atoms with van der Waals surface area (Å²) in [6.07, 6.45) is 8.05. The Kier molecular flexibility index (Phi) is 6.10. The fraction of sp³-hybridized carbons (Fsp3) is 0.280. The van der Waals surface area contributed by atoms with E-state index in [1.165, 1.54) is 11.1 Å². The number of carbonyl (C=O) groups is 1. The van der Waals surface area contributed by atoms with Crippen molar-refractivity contribution in [1.82, 2.24) is 14.7 Å². The van der Waals surface area contributed by atoms with Crippen LogP contribution in [0.4, 0.5) is 5.69 Å². The summed E-state index contributed by atoms with van der Waals surface area (Å²) in [6, 6.07) is 16.3. The van der Waals surface area contributed by atoms with Gasteiger partial charge in [0, 0.05) is 30.5 Å². The van der Waals surface area contributed by atoms with Crippen LogP contribution >= 0.6 is 0 Å². The highest BCUT2D eigenvalue weighted by Gasteiger charge is 2.17. The largest absolute Gasteiger partial charge is 0.325 e. The molecule has 30 heavy (non-hydrogen) atoms. The zero-order valence-electron chi connectivity index (χ0n) is 17.6. The Morgan fingerprint density at radius 2 is 1.93 bits per heavy atom. The van der Waals surface area contributed by atoms with Crippen molar-refractivity contribution in [3.05, 3.63) is 83.7 Å². The van der Waals surface area contributed by atoms with Crippen LogP contribution in [0, 0.1) is 6.92 Å². The molecule has 2 heterocycles. The first-order valence-electron chi connectivity index (χ1n) is 10.5. The zero-order chi connectivity index (χ0) is 20.9. The molecule has 3 aromatic rings. The van der Waals surface area contributed by atoms with Crippen LogP contribution in [0.1, 0.15) is 30.0 Å². The fourth-order valence-corrected chi connectivity index (χ4v) is 3.79. The van der Waals surface area contributed by atoms with Crippen molar-refractivity contribution < 1.29 is 4.79 Å². The van der Waals surface area contributed by atoms with Gasteiger partial charge in [0.15, 0.2) is 0 Å². The highest BCUT2D eigenvalue weighted by molar-refractivity contribution is 5.93. The van der Waals surface area contributed by atoms with E-state index in [2.05, 4.69) is 71.8 Å². The van der Waals surface area contributed by atoms with Crippen LogP contribution in [0.15, 0.2) is 67.0 Å². The van der Waals surface area contributed by atoms with Gasteiger partial charge in [0.2, 0.25) is 5.91 Å². The van der Waals surface area contributed by atoms with Gasteiger partial charge in [0.1, 0.15) is 0 Å². The first-order valence-corrected chi connectivity index (χ1v) is 10.5. The Hall–Kier alpha value is -3.18. The highest BCUT2D eigenvalue weighted by atomic mass is 16.2. The summed E-state index contributed by atoms with van der Waals surface area (Å²) < 4.78 is 1.92. The fourth-order valence-electron chi connectivity index (χ4n) is 3.79. The third kappa shape index (κ3) is 4.69. The summed E-state index contributed by atoms with van der Waals surface area (Å²) in [6.45, 7) is 6.23. The SMILES string of the molecule is CCc1ccccc1NC(=O)CN1CC=C(c2cnn(-c3ccc(C)cc3)c2)CC1. The molecule has 5 heteroatoms. The number of rotatable bonds is 6. The van der Waals surface area contributed by atoms with Crippen LogP contribution in [0.25, 0.3) is 11.3 Å². The number of amides is 1. The number of aryl methyl sites for hydroxylation is 2. The number of hydrogen-bond acceptors (Lipinski definition) is 3. The Balaban J connectivity index is 1.35. The third-order valence-corrected chi connectivity index (χ3v) is 5.58. The predicted molar refractivity (Wildman–Crippen MR) is 122 cm³/mol. The minimum Gasteiger partial charge on any atom is -0.325 e. The van der Waals surface area contributed by atoms with Crippen LogP contribution in [0.5, 0.6) is 0 Å². The van der Waals surface area contributed by atoms with E-state index in [9.17, 15) is 4.79 Å². The van der Waals surface area contributed by atoms with Gasteiger partial charge in [-0.15, -0.1) is 0 Å². The second kappa shape index (κ2) is 9.09. The average Bonchev–Trinajstić information content (AvgIpc) is 3.25. The Morgan fingerprint density at radius 3 is 2.67 bits per heavy atom. The quantitative estimate of drug-likeness (QED) is 0.664. The van der Waals surface area contributed by atoms with Crippen LogP contribution in [0.2, 0.25) is 0 Å². The van der Waals surface area contributed by atoms with Gasteiger partial charge in [-0.25, -0.2) is 4.68 Å². The number of hydrogen-bond donors (Lipinski definition) is 1. The van der Waals surface area contributed by atoms with Crippen molar-refractivity contribution >= 4 is 17.2 Å². The van der Waals surface area contributed by atoms with Crippen molar-refractivity contribution in [3.63, 3.8) is 0 Å². The third-order valence-electron chi connectivity index (χ3n) is 5.58. The van der Waals surface area contributed by atoms with Gasteiger partial charge in [-0.2, -0.15) is 5.10 Å². The molecule has 0 bridgehead atoms. The van der Waals surface area contributed by atoms with Gasteiger partial charge in [-0.05, 0) is 49.1 Å². The molecule has 0 saturated heterocycles. The predicted octanol–water partition coefficient (Wildman–Crippen LogP) is 4.47. The maximum Gasteiger partial charge on any atom is 0.238 e. The molecule has 1 aliphatic rings. The van der Waals surface area contributed by atoms with Crippen LogP contribution in [-0.4, -0.2) is 40.2 Å². The van der Waals surface area contributed by atoms with E-state index < -0.39 is 0 Å². The molecule has 0 radical (unpaired) electrons. The highest BCUT2D eigenvalue weighted by Crippen LogP contribution is 2.23. The van der Waals surface area contributed by atoms with Gasteiger partial charge in [0.25, 0.3) is 0 Å². The number of nitrogens with zero attached hydrogens (tertiary/aromatic N) is 3. The monoisotopic (exact) mass is 400 g/mol. The molecule has 0 aliphatic carbocycles. The van der Waals surface area contributed by atoms with Crippen molar-refractivity contribution in [2.45, 2.75) is 26.7 Å². The maximum absolute atomic E-state index is 12.5. The minimum atomic E-state index is 0.0416. The number of anilines is 1. The van der Waals surface area contributed by atoms with Gasteiger partial charge in [-0.3, -0.25) is 9.69 Å². The molecule has 4 rings (SSSR count). The van der Waals surface area contributed by atoms with Crippen LogP contribution < -0.4 is 5.32 Å². The second-order valence-electron chi connectivity index (χ2n) is 7.78. The Bertz CT molecular complexity index is 1050. The maximum atomic E-state index is 12.5. The van der Waals surface area contributed by atoms with E-state index in [0.29, 0.717) is 6.54 Å². The molecule has 1 amide bonds. The van der Waals surface area contributed by atoms with E-state index in [1.807, 2.05) is 29.1 Å². The zero-order valence-corrected chi connectivity index (χ0v) is 17.6. The van der Waals surface area contributed by atoms with Crippen LogP contribution in [-0.2, 0) is 11.2 Å². The summed E-state index contributed by atoms with van der Waals surface area (Å²) in [5, 5.41) is 7.58. The van der Waals surface area contributed by atoms with E-state index in [4.69, 9.17) is 0 Å². The van der Waals surface area contributed by atoms with E-state index >= 15 is 0 Å². The van der Waals surface area contributed by atoms with Crippen molar-refractivity contribution in [2.75, 3.05) is 25.0 Å². The molecule has 0 spiro atoms. The summed E-state index contributed by atoms with van der Waals surface area (Å²) in [5.74, 6) is 0.0416. The van der Waals surface area contributed by atoms with E-state index in [0.717, 1.165) is 48.4 Å². The van der Waals surface area contributed by atoms with E-state index in [-0.39, 0.29) is 5.91 Å². The molecule has 1 N–H and O–H groups in total. The van der Waals surface area contributed by atoms with Crippen molar-refractivity contribution in [1.29, 1.82) is 0 Å². The summed E-state index contributed by atoms with van der Waals surface area (Å²) in [5.41, 5.74) is 6.83. The molecule has 0 fully saturated rings. The number of para-hydroxylation sites is 1. The van der Waals surface area contributed by atoms with Gasteiger partial charge >= 0.3 is 0 Å². The van der Waals surface area contributed by atoms with Crippen LogP contribution in [0.3, 0.4) is 0 Å². The Morgan fingerprint density at radius 1 is 1.13 bits per heavy atom. The summed E-state index contributed by atoms with van der Waals surface area (Å²) in [7, 11) is 0. The minimum absolute atomic E-state index is 0.0416. The van der Waals surface area contributed by atoms with E-state index in [1.54, 1.807) is 0 Å². The lowest BCUT2D eigenvalue weighted by molar-refractivity contribution is -0.117. The molecule has 5 nitrogen and oxygen atoms in total. The molecule has 0 saturated carbocycles. The summed E-state index contributed by atoms with van der Waals surface area (Å²) >= 11 is 0. The lowest BCUT2D eigenvalue weighted by Crippen LogP contribution is -2.36. The molecule has 1 aromatic heterocycles. The molecule has 0 atom stereocenters. The molecule has 154 valence electrons. The lowest BCUT2D eigenvalue weighted by atomic mass is 10.0. The van der Waals surface area contributed by atoms with Crippen molar-refractivity contribution in [2.24, 2.45) is 0 Å². The standard InChI is InChI=1S/C25H28N4O/c1-3-20-6-4-5-7-24(20)27-25(30)18-28-14-12-21(13-15-28)22-16-26-29(17-22)23-10-8-19(2)9-11-23/h4-12,16-17H,3,13-15,18H2,1-2H3,(H,27,30).